The first kappa shape index (κ1) is 22.7. The van der Waals surface area contributed by atoms with Gasteiger partial charge in [0.25, 0.3) is 5.91 Å². The number of ether oxygens (including phenoxy) is 1. The number of carbonyl (C=O) groups is 1. The maximum absolute atomic E-state index is 13.2. The van der Waals surface area contributed by atoms with E-state index in [1.165, 1.54) is 0 Å². The molecule has 0 unspecified atom stereocenters. The number of hydrogen-bond acceptors (Lipinski definition) is 3. The maximum atomic E-state index is 13.2. The number of carbonyl (C=O) groups excluding carboxylic acids is 1. The molecule has 156 valence electrons. The number of allylic oxidation sites excluding steroid dienone is 1. The SMILES string of the molecule is C/C=C\C[C@H]1[C@@H](O[Si](C(C)C)(C(C)C)C(C)C)C(=O)N1c1ccc(OC)cc1. The van der Waals surface area contributed by atoms with Crippen LogP contribution in [-0.4, -0.2) is 33.5 Å². The first-order valence-corrected chi connectivity index (χ1v) is 12.6. The van der Waals surface area contributed by atoms with Crippen LogP contribution in [0.1, 0.15) is 54.9 Å². The summed E-state index contributed by atoms with van der Waals surface area (Å²) in [4.78, 5) is 15.1. The lowest BCUT2D eigenvalue weighted by atomic mass is 9.93. The van der Waals surface area contributed by atoms with E-state index >= 15 is 0 Å². The van der Waals surface area contributed by atoms with E-state index in [0.717, 1.165) is 17.9 Å². The van der Waals surface area contributed by atoms with E-state index < -0.39 is 8.32 Å². The molecule has 2 rings (SSSR count). The van der Waals surface area contributed by atoms with Crippen molar-refractivity contribution in [3.05, 3.63) is 36.4 Å². The lowest BCUT2D eigenvalue weighted by Crippen LogP contribution is -2.69. The summed E-state index contributed by atoms with van der Waals surface area (Å²) in [5, 5.41) is 0. The summed E-state index contributed by atoms with van der Waals surface area (Å²) in [6.45, 7) is 15.6. The van der Waals surface area contributed by atoms with Gasteiger partial charge in [0.2, 0.25) is 8.32 Å². The molecule has 1 aromatic carbocycles. The molecule has 1 amide bonds. The predicted molar refractivity (Wildman–Crippen MR) is 120 cm³/mol. The standard InChI is InChI=1S/C23H37NO3Si/c1-9-10-11-21-22(27-28(16(2)3,17(4)5)18(6)7)23(25)24(21)19-12-14-20(26-8)15-13-19/h9-10,12-18,21-22H,11H2,1-8H3/b10-9-/t21-,22+/m0/s1. The van der Waals surface area contributed by atoms with Crippen molar-refractivity contribution in [2.24, 2.45) is 0 Å². The van der Waals surface area contributed by atoms with Gasteiger partial charge in [-0.25, -0.2) is 0 Å². The van der Waals surface area contributed by atoms with Gasteiger partial charge in [-0.15, -0.1) is 0 Å². The molecule has 4 nitrogen and oxygen atoms in total. The topological polar surface area (TPSA) is 38.8 Å². The van der Waals surface area contributed by atoms with Crippen molar-refractivity contribution in [1.29, 1.82) is 0 Å². The molecule has 1 saturated heterocycles. The normalized spacial score (nSPS) is 20.5. The molecule has 2 atom stereocenters. The molecule has 28 heavy (non-hydrogen) atoms. The summed E-state index contributed by atoms with van der Waals surface area (Å²) in [5.41, 5.74) is 2.28. The number of nitrogens with zero attached hydrogens (tertiary/aromatic N) is 1. The second-order valence-electron chi connectivity index (χ2n) is 8.63. The number of benzene rings is 1. The van der Waals surface area contributed by atoms with Crippen LogP contribution in [-0.2, 0) is 9.22 Å². The Morgan fingerprint density at radius 3 is 2.00 bits per heavy atom. The Labute approximate surface area is 172 Å². The second kappa shape index (κ2) is 9.27. The average molecular weight is 404 g/mol. The number of hydrogen-bond donors (Lipinski definition) is 0. The van der Waals surface area contributed by atoms with Crippen molar-refractivity contribution in [1.82, 2.24) is 0 Å². The summed E-state index contributed by atoms with van der Waals surface area (Å²) in [6, 6.07) is 7.75. The van der Waals surface area contributed by atoms with Crippen LogP contribution in [0.25, 0.3) is 0 Å². The minimum atomic E-state index is -2.12. The van der Waals surface area contributed by atoms with E-state index in [2.05, 4.69) is 47.6 Å². The molecule has 1 fully saturated rings. The second-order valence-corrected chi connectivity index (χ2v) is 14.0. The van der Waals surface area contributed by atoms with E-state index in [1.807, 2.05) is 42.2 Å². The molecule has 0 radical (unpaired) electrons. The van der Waals surface area contributed by atoms with Crippen molar-refractivity contribution >= 4 is 19.9 Å². The highest BCUT2D eigenvalue weighted by molar-refractivity contribution is 6.77. The third-order valence-corrected chi connectivity index (χ3v) is 12.2. The molecule has 1 aliphatic heterocycles. The molecule has 0 spiro atoms. The first-order chi connectivity index (χ1) is 13.2. The number of amides is 1. The summed E-state index contributed by atoms with van der Waals surface area (Å²) < 4.78 is 12.1. The molecule has 0 aliphatic carbocycles. The fourth-order valence-corrected chi connectivity index (χ4v) is 10.4. The Hall–Kier alpha value is -1.59. The molecule has 1 heterocycles. The Bertz CT molecular complexity index is 660. The van der Waals surface area contributed by atoms with E-state index in [9.17, 15) is 4.79 Å². The smallest absolute Gasteiger partial charge is 0.257 e. The predicted octanol–water partition coefficient (Wildman–Crippen LogP) is 5.94. The fraction of sp³-hybridized carbons (Fsp3) is 0.609. The highest BCUT2D eigenvalue weighted by atomic mass is 28.4. The van der Waals surface area contributed by atoms with E-state index in [4.69, 9.17) is 9.16 Å². The molecular formula is C23H37NO3Si. The van der Waals surface area contributed by atoms with Crippen molar-refractivity contribution in [2.45, 2.75) is 83.7 Å². The van der Waals surface area contributed by atoms with Gasteiger partial charge < -0.3 is 14.1 Å². The highest BCUT2D eigenvalue weighted by Gasteiger charge is 2.55. The van der Waals surface area contributed by atoms with Gasteiger partial charge in [-0.2, -0.15) is 0 Å². The Morgan fingerprint density at radius 1 is 1.04 bits per heavy atom. The van der Waals surface area contributed by atoms with Gasteiger partial charge in [-0.1, -0.05) is 53.7 Å². The molecule has 0 bridgehead atoms. The summed E-state index contributed by atoms with van der Waals surface area (Å²) in [7, 11) is -0.471. The first-order valence-electron chi connectivity index (χ1n) is 10.5. The fourth-order valence-electron chi connectivity index (χ4n) is 4.84. The van der Waals surface area contributed by atoms with Crippen molar-refractivity contribution in [3.63, 3.8) is 0 Å². The van der Waals surface area contributed by atoms with Gasteiger partial charge >= 0.3 is 0 Å². The van der Waals surface area contributed by atoms with Crippen LogP contribution in [0, 0.1) is 0 Å². The minimum absolute atomic E-state index is 0.0419. The van der Waals surface area contributed by atoms with Gasteiger partial charge in [0.05, 0.1) is 13.2 Å². The van der Waals surface area contributed by atoms with Crippen LogP contribution in [0.15, 0.2) is 36.4 Å². The van der Waals surface area contributed by atoms with Crippen LogP contribution in [0.4, 0.5) is 5.69 Å². The van der Waals surface area contributed by atoms with Gasteiger partial charge in [-0.05, 0) is 54.2 Å². The van der Waals surface area contributed by atoms with Crippen LogP contribution < -0.4 is 9.64 Å². The number of methoxy groups -OCH3 is 1. The monoisotopic (exact) mass is 403 g/mol. The molecule has 0 aromatic heterocycles. The van der Waals surface area contributed by atoms with Gasteiger partial charge in [0, 0.05) is 5.69 Å². The van der Waals surface area contributed by atoms with E-state index in [-0.39, 0.29) is 18.1 Å². The van der Waals surface area contributed by atoms with Crippen LogP contribution >= 0.6 is 0 Å². The van der Waals surface area contributed by atoms with Gasteiger partial charge in [0.1, 0.15) is 11.9 Å². The van der Waals surface area contributed by atoms with Crippen LogP contribution in [0.2, 0.25) is 16.6 Å². The van der Waals surface area contributed by atoms with Crippen molar-refractivity contribution in [3.8, 4) is 5.75 Å². The zero-order valence-electron chi connectivity index (χ0n) is 18.7. The number of rotatable bonds is 9. The number of β-lactam (4-membered cyclic amide) rings is 1. The Balaban J connectivity index is 2.34. The summed E-state index contributed by atoms with van der Waals surface area (Å²) >= 11 is 0. The van der Waals surface area contributed by atoms with Crippen LogP contribution in [0.5, 0.6) is 5.75 Å². The van der Waals surface area contributed by atoms with E-state index in [0.29, 0.717) is 16.6 Å². The quantitative estimate of drug-likeness (QED) is 0.291. The van der Waals surface area contributed by atoms with Crippen molar-refractivity contribution in [2.75, 3.05) is 12.0 Å². The molecule has 0 saturated carbocycles. The third kappa shape index (κ3) is 4.06. The van der Waals surface area contributed by atoms with Crippen LogP contribution in [0.3, 0.4) is 0 Å². The molecular weight excluding hydrogens is 366 g/mol. The summed E-state index contributed by atoms with van der Waals surface area (Å²) in [6.07, 6.45) is 4.63. The highest BCUT2D eigenvalue weighted by Crippen LogP contribution is 2.46. The Kier molecular flexibility index (Phi) is 7.51. The zero-order valence-corrected chi connectivity index (χ0v) is 19.7. The van der Waals surface area contributed by atoms with Gasteiger partial charge in [0.15, 0.2) is 0 Å². The minimum Gasteiger partial charge on any atom is -0.497 e. The third-order valence-electron chi connectivity index (χ3n) is 6.16. The lowest BCUT2D eigenvalue weighted by molar-refractivity contribution is -0.135. The average Bonchev–Trinajstić information content (AvgIpc) is 2.65. The zero-order chi connectivity index (χ0) is 21.1. The molecule has 1 aromatic rings. The van der Waals surface area contributed by atoms with Crippen molar-refractivity contribution < 1.29 is 14.0 Å². The molecule has 1 aliphatic rings. The molecule has 5 heteroatoms. The maximum Gasteiger partial charge on any atom is 0.257 e. The number of anilines is 1. The van der Waals surface area contributed by atoms with E-state index in [1.54, 1.807) is 7.11 Å². The molecule has 0 N–H and O–H groups in total. The summed E-state index contributed by atoms with van der Waals surface area (Å²) in [5.74, 6) is 0.874. The van der Waals surface area contributed by atoms with Gasteiger partial charge in [-0.3, -0.25) is 4.79 Å². The lowest BCUT2D eigenvalue weighted by Gasteiger charge is -2.53. The Morgan fingerprint density at radius 2 is 1.57 bits per heavy atom. The largest absolute Gasteiger partial charge is 0.497 e.